The SMILES string of the molecule is CC1(C)Cc2cc(NC(=O)Cc3cnn4cc(CC(N)=O)cnc34)c(N3CCOCC3)cc2O1. The van der Waals surface area contributed by atoms with E-state index in [4.69, 9.17) is 15.2 Å². The Morgan fingerprint density at radius 3 is 2.74 bits per heavy atom. The molecule has 1 aromatic carbocycles. The second-order valence-corrected chi connectivity index (χ2v) is 9.38. The van der Waals surface area contributed by atoms with Crippen LogP contribution in [0.1, 0.15) is 30.5 Å². The Bertz CT molecular complexity index is 1260. The standard InChI is InChI=1S/C24H28N6O4/c1-24(2)11-16-8-18(19(10-20(16)34-24)29-3-5-33-6-4-29)28-22(32)9-17-13-27-30-14-15(7-21(25)31)12-26-23(17)30/h8,10,12-14H,3-7,9,11H2,1-2H3,(H2,25,31)(H,28,32). The Balaban J connectivity index is 1.38. The number of hydrogen-bond acceptors (Lipinski definition) is 7. The number of anilines is 2. The molecule has 3 aromatic rings. The number of carbonyl (C=O) groups is 2. The summed E-state index contributed by atoms with van der Waals surface area (Å²) < 4.78 is 13.2. The third kappa shape index (κ3) is 4.54. The Kier molecular flexibility index (Phi) is 5.60. The Morgan fingerprint density at radius 2 is 1.97 bits per heavy atom. The fourth-order valence-electron chi connectivity index (χ4n) is 4.55. The molecule has 0 unspecified atom stereocenters. The summed E-state index contributed by atoms with van der Waals surface area (Å²) in [6.45, 7) is 6.90. The minimum Gasteiger partial charge on any atom is -0.487 e. The summed E-state index contributed by atoms with van der Waals surface area (Å²) in [6.07, 6.45) is 5.89. The number of carbonyl (C=O) groups excluding carboxylic acids is 2. The number of morpholine rings is 1. The fraction of sp³-hybridized carbons (Fsp3) is 0.417. The smallest absolute Gasteiger partial charge is 0.229 e. The van der Waals surface area contributed by atoms with Crippen LogP contribution in [0.15, 0.2) is 30.7 Å². The molecular weight excluding hydrogens is 436 g/mol. The highest BCUT2D eigenvalue weighted by Gasteiger charge is 2.32. The van der Waals surface area contributed by atoms with Gasteiger partial charge in [-0.15, -0.1) is 0 Å². The number of fused-ring (bicyclic) bond motifs is 2. The van der Waals surface area contributed by atoms with Gasteiger partial charge < -0.3 is 25.4 Å². The van der Waals surface area contributed by atoms with Gasteiger partial charge in [0, 0.05) is 49.1 Å². The van der Waals surface area contributed by atoms with E-state index >= 15 is 0 Å². The van der Waals surface area contributed by atoms with Crippen LogP contribution in [0.3, 0.4) is 0 Å². The number of hydrogen-bond donors (Lipinski definition) is 2. The van der Waals surface area contributed by atoms with Crippen LogP contribution in [-0.4, -0.2) is 58.3 Å². The topological polar surface area (TPSA) is 124 Å². The molecule has 0 bridgehead atoms. The molecule has 10 heteroatoms. The molecule has 5 rings (SSSR count). The summed E-state index contributed by atoms with van der Waals surface area (Å²) >= 11 is 0. The number of nitrogens with zero attached hydrogens (tertiary/aromatic N) is 4. The summed E-state index contributed by atoms with van der Waals surface area (Å²) in [5.41, 5.74) is 9.69. The second-order valence-electron chi connectivity index (χ2n) is 9.38. The lowest BCUT2D eigenvalue weighted by Gasteiger charge is -2.31. The highest BCUT2D eigenvalue weighted by molar-refractivity contribution is 5.97. The molecule has 1 fully saturated rings. The van der Waals surface area contributed by atoms with Crippen molar-refractivity contribution >= 4 is 28.8 Å². The molecule has 2 aliphatic heterocycles. The second kappa shape index (κ2) is 8.60. The first-order valence-corrected chi connectivity index (χ1v) is 11.4. The van der Waals surface area contributed by atoms with Crippen LogP contribution in [0.25, 0.3) is 5.65 Å². The van der Waals surface area contributed by atoms with E-state index in [1.165, 1.54) is 0 Å². The van der Waals surface area contributed by atoms with Crippen LogP contribution in [0, 0.1) is 0 Å². The first-order chi connectivity index (χ1) is 16.3. The number of benzene rings is 1. The van der Waals surface area contributed by atoms with Crippen LogP contribution in [0.5, 0.6) is 5.75 Å². The van der Waals surface area contributed by atoms with Gasteiger partial charge in [-0.25, -0.2) is 9.50 Å². The largest absolute Gasteiger partial charge is 0.487 e. The number of rotatable bonds is 6. The first kappa shape index (κ1) is 22.1. The molecule has 10 nitrogen and oxygen atoms in total. The van der Waals surface area contributed by atoms with Gasteiger partial charge in [0.2, 0.25) is 11.8 Å². The summed E-state index contributed by atoms with van der Waals surface area (Å²) in [5.74, 6) is 0.265. The van der Waals surface area contributed by atoms with Crippen molar-refractivity contribution in [3.8, 4) is 5.75 Å². The third-order valence-electron chi connectivity index (χ3n) is 6.02. The van der Waals surface area contributed by atoms with Crippen molar-refractivity contribution in [1.29, 1.82) is 0 Å². The average molecular weight is 465 g/mol. The van der Waals surface area contributed by atoms with Crippen molar-refractivity contribution < 1.29 is 19.1 Å². The van der Waals surface area contributed by atoms with Crippen molar-refractivity contribution in [3.05, 3.63) is 47.4 Å². The molecule has 2 aliphatic rings. The van der Waals surface area contributed by atoms with Gasteiger partial charge in [0.05, 0.1) is 43.6 Å². The van der Waals surface area contributed by atoms with Crippen molar-refractivity contribution in [3.63, 3.8) is 0 Å². The van der Waals surface area contributed by atoms with Crippen molar-refractivity contribution in [2.45, 2.75) is 38.7 Å². The van der Waals surface area contributed by atoms with Gasteiger partial charge in [0.15, 0.2) is 5.65 Å². The Morgan fingerprint density at radius 1 is 1.18 bits per heavy atom. The van der Waals surface area contributed by atoms with E-state index in [-0.39, 0.29) is 24.3 Å². The van der Waals surface area contributed by atoms with Gasteiger partial charge in [-0.1, -0.05) is 0 Å². The summed E-state index contributed by atoms with van der Waals surface area (Å²) in [6, 6.07) is 4.05. The Labute approximate surface area is 197 Å². The lowest BCUT2D eigenvalue weighted by atomic mass is 10.0. The minimum atomic E-state index is -0.438. The molecule has 0 atom stereocenters. The average Bonchev–Trinajstić information content (AvgIpc) is 3.31. The maximum Gasteiger partial charge on any atom is 0.229 e. The first-order valence-electron chi connectivity index (χ1n) is 11.4. The number of ether oxygens (including phenoxy) is 2. The van der Waals surface area contributed by atoms with Gasteiger partial charge in [0.1, 0.15) is 11.4 Å². The van der Waals surface area contributed by atoms with Crippen LogP contribution < -0.4 is 20.7 Å². The quantitative estimate of drug-likeness (QED) is 0.566. The van der Waals surface area contributed by atoms with E-state index in [1.54, 1.807) is 23.1 Å². The van der Waals surface area contributed by atoms with Crippen molar-refractivity contribution in [1.82, 2.24) is 14.6 Å². The van der Waals surface area contributed by atoms with Crippen molar-refractivity contribution in [2.24, 2.45) is 5.73 Å². The molecule has 4 heterocycles. The molecule has 178 valence electrons. The summed E-state index contributed by atoms with van der Waals surface area (Å²) in [7, 11) is 0. The number of aromatic nitrogens is 3. The predicted octanol–water partition coefficient (Wildman–Crippen LogP) is 1.49. The zero-order chi connectivity index (χ0) is 23.9. The van der Waals surface area contributed by atoms with E-state index in [0.717, 1.165) is 42.2 Å². The summed E-state index contributed by atoms with van der Waals surface area (Å²) in [4.78, 5) is 30.9. The zero-order valence-electron chi connectivity index (χ0n) is 19.3. The van der Waals surface area contributed by atoms with Crippen LogP contribution in [0.4, 0.5) is 11.4 Å². The van der Waals surface area contributed by atoms with Gasteiger partial charge in [0.25, 0.3) is 0 Å². The number of nitrogens with one attached hydrogen (secondary N) is 1. The molecule has 34 heavy (non-hydrogen) atoms. The van der Waals surface area contributed by atoms with Gasteiger partial charge in [-0.3, -0.25) is 9.59 Å². The van der Waals surface area contributed by atoms with Gasteiger partial charge in [-0.05, 0) is 25.5 Å². The van der Waals surface area contributed by atoms with E-state index in [0.29, 0.717) is 30.0 Å². The van der Waals surface area contributed by atoms with E-state index < -0.39 is 5.91 Å². The Hall–Kier alpha value is -3.66. The third-order valence-corrected chi connectivity index (χ3v) is 6.02. The molecule has 0 saturated carbocycles. The maximum absolute atomic E-state index is 13.1. The van der Waals surface area contributed by atoms with Crippen molar-refractivity contribution in [2.75, 3.05) is 36.5 Å². The van der Waals surface area contributed by atoms with E-state index in [1.807, 2.05) is 12.1 Å². The number of nitrogens with two attached hydrogens (primary N) is 1. The molecule has 2 aromatic heterocycles. The van der Waals surface area contributed by atoms with Crippen LogP contribution in [0.2, 0.25) is 0 Å². The van der Waals surface area contributed by atoms with Gasteiger partial charge in [-0.2, -0.15) is 5.10 Å². The lowest BCUT2D eigenvalue weighted by Crippen LogP contribution is -2.36. The zero-order valence-corrected chi connectivity index (χ0v) is 19.3. The monoisotopic (exact) mass is 464 g/mol. The highest BCUT2D eigenvalue weighted by atomic mass is 16.5. The normalized spacial score (nSPS) is 16.8. The van der Waals surface area contributed by atoms with E-state index in [9.17, 15) is 9.59 Å². The highest BCUT2D eigenvalue weighted by Crippen LogP contribution is 2.41. The summed E-state index contributed by atoms with van der Waals surface area (Å²) in [5, 5.41) is 7.39. The molecule has 0 aliphatic carbocycles. The number of primary amides is 1. The van der Waals surface area contributed by atoms with Crippen LogP contribution in [-0.2, 0) is 33.6 Å². The van der Waals surface area contributed by atoms with E-state index in [2.05, 4.69) is 34.1 Å². The van der Waals surface area contributed by atoms with Gasteiger partial charge >= 0.3 is 0 Å². The molecule has 0 spiro atoms. The predicted molar refractivity (Wildman–Crippen MR) is 126 cm³/mol. The molecule has 1 saturated heterocycles. The molecule has 2 amide bonds. The number of amides is 2. The molecule has 3 N–H and O–H groups in total. The lowest BCUT2D eigenvalue weighted by molar-refractivity contribution is -0.117. The maximum atomic E-state index is 13.1. The fourth-order valence-corrected chi connectivity index (χ4v) is 4.55. The minimum absolute atomic E-state index is 0.0851. The molecular formula is C24H28N6O4. The molecule has 0 radical (unpaired) electrons. The van der Waals surface area contributed by atoms with Crippen LogP contribution >= 0.6 is 0 Å².